The van der Waals surface area contributed by atoms with E-state index in [2.05, 4.69) is 6.92 Å². The van der Waals surface area contributed by atoms with Crippen LogP contribution < -0.4 is 0 Å². The Bertz CT molecular complexity index is 910. The molecule has 196 valence electrons. The second kappa shape index (κ2) is 9.02. The average Bonchev–Trinajstić information content (AvgIpc) is 3.12. The number of ketones is 3. The Labute approximate surface area is 207 Å². The van der Waals surface area contributed by atoms with Crippen molar-refractivity contribution in [2.45, 2.75) is 104 Å². The van der Waals surface area contributed by atoms with E-state index in [1.165, 1.54) is 6.92 Å². The molecule has 4 fully saturated rings. The minimum Gasteiger partial charge on any atom is -0.456 e. The summed E-state index contributed by atoms with van der Waals surface area (Å²) in [5, 5.41) is 0. The van der Waals surface area contributed by atoms with Crippen molar-refractivity contribution in [2.75, 3.05) is 0 Å². The van der Waals surface area contributed by atoms with Crippen molar-refractivity contribution in [2.24, 2.45) is 46.3 Å². The molecule has 0 saturated heterocycles. The van der Waals surface area contributed by atoms with E-state index in [1.807, 2.05) is 13.8 Å². The summed E-state index contributed by atoms with van der Waals surface area (Å²) in [7, 11) is 0. The number of Topliss-reactive ketones (excluding diaryl/α,β-unsaturated/α-hetero) is 3. The molecule has 35 heavy (non-hydrogen) atoms. The molecule has 4 rings (SSSR count). The van der Waals surface area contributed by atoms with Gasteiger partial charge in [-0.1, -0.05) is 20.8 Å². The largest absolute Gasteiger partial charge is 0.456 e. The van der Waals surface area contributed by atoms with Gasteiger partial charge in [0.2, 0.25) is 0 Å². The Morgan fingerprint density at radius 2 is 1.77 bits per heavy atom. The number of rotatable bonds is 6. The molecule has 0 aromatic rings. The van der Waals surface area contributed by atoms with Crippen LogP contribution in [-0.2, 0) is 23.9 Å². The summed E-state index contributed by atoms with van der Waals surface area (Å²) < 4.78 is 31.6. The van der Waals surface area contributed by atoms with Gasteiger partial charge in [0.05, 0.1) is 0 Å². The number of halogens is 2. The quantitative estimate of drug-likeness (QED) is 0.451. The van der Waals surface area contributed by atoms with Crippen molar-refractivity contribution >= 4 is 23.3 Å². The maximum Gasteiger partial charge on any atom is 0.306 e. The van der Waals surface area contributed by atoms with Crippen LogP contribution in [-0.4, -0.2) is 35.3 Å². The summed E-state index contributed by atoms with van der Waals surface area (Å²) in [5.41, 5.74) is -0.757. The molecule has 4 saturated carbocycles. The number of carbonyl (C=O) groups is 4. The highest BCUT2D eigenvalue weighted by Gasteiger charge is 2.66. The van der Waals surface area contributed by atoms with Gasteiger partial charge in [-0.25, -0.2) is 8.78 Å². The third-order valence-corrected chi connectivity index (χ3v) is 10.7. The van der Waals surface area contributed by atoms with Gasteiger partial charge in [-0.15, -0.1) is 0 Å². The first-order valence-corrected chi connectivity index (χ1v) is 13.3. The average molecular weight is 495 g/mol. The predicted molar refractivity (Wildman–Crippen MR) is 126 cm³/mol. The number of carbonyl (C=O) groups excluding carboxylic acids is 4. The zero-order valence-electron chi connectivity index (χ0n) is 21.7. The molecule has 0 aromatic heterocycles. The van der Waals surface area contributed by atoms with Crippen LogP contribution in [0.5, 0.6) is 0 Å². The first kappa shape index (κ1) is 26.4. The molecule has 4 aliphatic rings. The fourth-order valence-corrected chi connectivity index (χ4v) is 8.30. The Morgan fingerprint density at radius 3 is 2.43 bits per heavy atom. The van der Waals surface area contributed by atoms with Crippen LogP contribution in [0.2, 0.25) is 0 Å². The summed E-state index contributed by atoms with van der Waals surface area (Å²) >= 11 is 0. The maximum absolute atomic E-state index is 13.8. The molecule has 0 aliphatic heterocycles. The second-order valence-corrected chi connectivity index (χ2v) is 12.6. The van der Waals surface area contributed by atoms with Crippen LogP contribution in [0.4, 0.5) is 8.78 Å². The van der Waals surface area contributed by atoms with Gasteiger partial charge in [0.25, 0.3) is 5.92 Å². The molecule has 4 aliphatic carbocycles. The van der Waals surface area contributed by atoms with Gasteiger partial charge in [-0.05, 0) is 67.6 Å². The Kier molecular flexibility index (Phi) is 6.81. The molecule has 9 atom stereocenters. The van der Waals surface area contributed by atoms with Crippen LogP contribution >= 0.6 is 0 Å². The van der Waals surface area contributed by atoms with E-state index < -0.39 is 23.4 Å². The number of alkyl halides is 2. The highest BCUT2D eigenvalue weighted by molar-refractivity contribution is 5.93. The second-order valence-electron chi connectivity index (χ2n) is 12.6. The first-order chi connectivity index (χ1) is 16.2. The Hall–Kier alpha value is -1.66. The molecule has 0 bridgehead atoms. The fourth-order valence-electron chi connectivity index (χ4n) is 8.30. The molecule has 0 aromatic carbocycles. The molecule has 0 amide bonds. The van der Waals surface area contributed by atoms with Crippen LogP contribution in [0.1, 0.15) is 92.4 Å². The minimum absolute atomic E-state index is 0.00476. The lowest BCUT2D eigenvalue weighted by Gasteiger charge is -2.58. The van der Waals surface area contributed by atoms with E-state index in [9.17, 15) is 28.0 Å². The molecule has 0 radical (unpaired) electrons. The van der Waals surface area contributed by atoms with Gasteiger partial charge in [0, 0.05) is 50.4 Å². The van der Waals surface area contributed by atoms with Crippen molar-refractivity contribution in [3.63, 3.8) is 0 Å². The minimum atomic E-state index is -3.09. The van der Waals surface area contributed by atoms with Crippen molar-refractivity contribution in [1.29, 1.82) is 0 Å². The van der Waals surface area contributed by atoms with Gasteiger partial charge < -0.3 is 4.74 Å². The summed E-state index contributed by atoms with van der Waals surface area (Å²) in [6.07, 6.45) is 3.24. The summed E-state index contributed by atoms with van der Waals surface area (Å²) in [5.74, 6) is -3.07. The van der Waals surface area contributed by atoms with E-state index in [4.69, 9.17) is 4.74 Å². The monoisotopic (exact) mass is 494 g/mol. The number of hydrogen-bond acceptors (Lipinski definition) is 5. The van der Waals surface area contributed by atoms with Crippen molar-refractivity contribution in [1.82, 2.24) is 0 Å². The first-order valence-electron chi connectivity index (χ1n) is 13.3. The van der Waals surface area contributed by atoms with Crippen LogP contribution in [0.15, 0.2) is 0 Å². The third kappa shape index (κ3) is 4.39. The third-order valence-electron chi connectivity index (χ3n) is 10.7. The van der Waals surface area contributed by atoms with Gasteiger partial charge in [0.1, 0.15) is 17.3 Å². The maximum atomic E-state index is 13.8. The number of esters is 1. The molecule has 0 spiro atoms. The van der Waals surface area contributed by atoms with Gasteiger partial charge in [-0.2, -0.15) is 0 Å². The van der Waals surface area contributed by atoms with Crippen LogP contribution in [0, 0.1) is 46.3 Å². The lowest BCUT2D eigenvalue weighted by Crippen LogP contribution is -2.60. The van der Waals surface area contributed by atoms with Crippen molar-refractivity contribution in [3.05, 3.63) is 0 Å². The van der Waals surface area contributed by atoms with Crippen molar-refractivity contribution in [3.8, 4) is 0 Å². The molecule has 0 heterocycles. The smallest absolute Gasteiger partial charge is 0.306 e. The fraction of sp³-hybridized carbons (Fsp3) is 0.857. The van der Waals surface area contributed by atoms with E-state index in [0.717, 1.165) is 26.2 Å². The molecule has 0 N–H and O–H groups in total. The number of ether oxygens (including phenoxy) is 1. The standard InChI is InChI=1S/C28H40F2O5/c1-15(6-9-24(34)35-16(2)28(5,29)30)19-7-8-20-25-21(14-23(33)27(19,20)4)26(3)11-10-18(31)12-17(26)13-22(25)32/h15-17,19-21,25H,6-14H2,1-5H3/t15?,16?,17-,19+,20+,21-,25+,26-,27+/m0/s1. The highest BCUT2D eigenvalue weighted by Crippen LogP contribution is 2.66. The lowest BCUT2D eigenvalue weighted by molar-refractivity contribution is -0.168. The number of fused-ring (bicyclic) bond motifs is 5. The Balaban J connectivity index is 1.48. The molecule has 7 heteroatoms. The molecule has 5 nitrogen and oxygen atoms in total. The van der Waals surface area contributed by atoms with E-state index in [1.54, 1.807) is 0 Å². The molecule has 2 unspecified atom stereocenters. The van der Waals surface area contributed by atoms with E-state index >= 15 is 0 Å². The van der Waals surface area contributed by atoms with Crippen LogP contribution in [0.3, 0.4) is 0 Å². The predicted octanol–water partition coefficient (Wildman–Crippen LogP) is 5.58. The lowest BCUT2D eigenvalue weighted by atomic mass is 9.44. The summed E-state index contributed by atoms with van der Waals surface area (Å²) in [4.78, 5) is 51.5. The van der Waals surface area contributed by atoms with E-state index in [-0.39, 0.29) is 64.7 Å². The van der Waals surface area contributed by atoms with Gasteiger partial charge in [0.15, 0.2) is 6.10 Å². The number of hydrogen-bond donors (Lipinski definition) is 0. The highest BCUT2D eigenvalue weighted by atomic mass is 19.3. The van der Waals surface area contributed by atoms with E-state index in [0.29, 0.717) is 32.1 Å². The van der Waals surface area contributed by atoms with Gasteiger partial charge in [-0.3, -0.25) is 19.2 Å². The topological polar surface area (TPSA) is 77.5 Å². The summed E-state index contributed by atoms with van der Waals surface area (Å²) in [6, 6.07) is 0. The molecular weight excluding hydrogens is 454 g/mol. The zero-order chi connectivity index (χ0) is 25.9. The SMILES string of the molecule is CC(CCC(=O)OC(C)C(C)(F)F)[C@H]1CC[C@@H]2[C@H]3C(=O)C[C@@H]4CC(=O)CC[C@]4(C)[C@H]3CC(=O)[C@]12C. The van der Waals surface area contributed by atoms with Gasteiger partial charge >= 0.3 is 5.97 Å². The zero-order valence-corrected chi connectivity index (χ0v) is 21.7. The molecular formula is C28H40F2O5. The summed E-state index contributed by atoms with van der Waals surface area (Å²) in [6.45, 7) is 8.17. The van der Waals surface area contributed by atoms with Crippen LogP contribution in [0.25, 0.3) is 0 Å². The Morgan fingerprint density at radius 1 is 1.09 bits per heavy atom. The van der Waals surface area contributed by atoms with Crippen molar-refractivity contribution < 1.29 is 32.7 Å². The normalized spacial score (nSPS) is 41.0.